The maximum atomic E-state index is 13.4. The van der Waals surface area contributed by atoms with E-state index in [4.69, 9.17) is 32.4 Å². The van der Waals surface area contributed by atoms with Crippen LogP contribution < -0.4 is 0 Å². The zero-order valence-corrected chi connectivity index (χ0v) is 23.2. The molecule has 0 spiro atoms. The van der Waals surface area contributed by atoms with Gasteiger partial charge in [-0.1, -0.05) is 50.0 Å². The Kier molecular flexibility index (Phi) is 10.5. The molecule has 1 aromatic rings. The van der Waals surface area contributed by atoms with Gasteiger partial charge in [0.25, 0.3) is 0 Å². The molecular formula is C23H39Cl2NO5Si. The van der Waals surface area contributed by atoms with Gasteiger partial charge in [-0.05, 0) is 64.3 Å². The lowest BCUT2D eigenvalue weighted by Crippen LogP contribution is -2.61. The molecule has 1 amide bonds. The van der Waals surface area contributed by atoms with Gasteiger partial charge in [0.2, 0.25) is 0 Å². The van der Waals surface area contributed by atoms with E-state index in [2.05, 4.69) is 20.8 Å². The molecule has 2 atom stereocenters. The summed E-state index contributed by atoms with van der Waals surface area (Å²) >= 11 is 12.5. The van der Waals surface area contributed by atoms with Crippen LogP contribution in [0.3, 0.4) is 0 Å². The Balaban J connectivity index is 3.77. The second-order valence-electron chi connectivity index (χ2n) is 10.5. The monoisotopic (exact) mass is 507 g/mol. The molecule has 0 radical (unpaired) electrons. The maximum absolute atomic E-state index is 13.4. The van der Waals surface area contributed by atoms with Crippen LogP contribution in [0.2, 0.25) is 23.1 Å². The van der Waals surface area contributed by atoms with E-state index < -0.39 is 32.6 Å². The molecule has 1 aromatic carbocycles. The van der Waals surface area contributed by atoms with Crippen LogP contribution in [0.15, 0.2) is 18.2 Å². The highest BCUT2D eigenvalue weighted by atomic mass is 35.5. The van der Waals surface area contributed by atoms with Crippen LogP contribution in [0.1, 0.15) is 59.9 Å². The van der Waals surface area contributed by atoms with Crippen LogP contribution in [0, 0.1) is 5.41 Å². The van der Waals surface area contributed by atoms with Gasteiger partial charge in [0.05, 0.1) is 23.2 Å². The number of benzene rings is 1. The first-order valence-corrected chi connectivity index (χ1v) is 14.5. The summed E-state index contributed by atoms with van der Waals surface area (Å²) in [6.45, 7) is 15.0. The van der Waals surface area contributed by atoms with Gasteiger partial charge in [-0.25, -0.2) is 4.79 Å². The quantitative estimate of drug-likeness (QED) is 0.337. The first-order valence-electron chi connectivity index (χ1n) is 11.0. The number of aliphatic hydroxyl groups excluding tert-OH is 2. The average molecular weight is 509 g/mol. The van der Waals surface area contributed by atoms with Crippen molar-refractivity contribution < 1.29 is 24.2 Å². The largest absolute Gasteiger partial charge is 0.444 e. The Labute approximate surface area is 204 Å². The molecule has 0 aromatic heterocycles. The van der Waals surface area contributed by atoms with Gasteiger partial charge in [-0.3, -0.25) is 4.90 Å². The molecule has 0 aliphatic rings. The number of hydrogen-bond donors (Lipinski definition) is 2. The van der Waals surface area contributed by atoms with Crippen molar-refractivity contribution in [3.05, 3.63) is 33.8 Å². The summed E-state index contributed by atoms with van der Waals surface area (Å²) in [5.41, 5.74) is -1.94. The number of amides is 1. The van der Waals surface area contributed by atoms with Crippen LogP contribution in [-0.2, 0) is 14.9 Å². The summed E-state index contributed by atoms with van der Waals surface area (Å²) in [4.78, 5) is 14.7. The fourth-order valence-corrected chi connectivity index (χ4v) is 4.83. The number of nitrogens with zero attached hydrogens (tertiary/aromatic N) is 1. The third-order valence-electron chi connectivity index (χ3n) is 4.71. The zero-order chi connectivity index (χ0) is 24.9. The standard InChI is InChI=1S/C23H39Cl2NO5Si/c1-21(2,3)12-11-19(28)23(31-32(7)8,16-9-10-17(24)18(25)15-16)26(13-14-27)20(29)30-22(4,5)6/h9-10,15,19,27-28,32H,11-14H2,1-8H3/t19-,23?/m1/s1. The van der Waals surface area contributed by atoms with Crippen molar-refractivity contribution in [1.82, 2.24) is 4.90 Å². The Morgan fingerprint density at radius 2 is 1.72 bits per heavy atom. The number of carbonyl (C=O) groups excluding carboxylic acids is 1. The molecule has 0 aliphatic heterocycles. The summed E-state index contributed by atoms with van der Waals surface area (Å²) in [6.07, 6.45) is -0.757. The number of rotatable bonds is 9. The molecule has 2 N–H and O–H groups in total. The Hall–Kier alpha value is -0.833. The summed E-state index contributed by atoms with van der Waals surface area (Å²) in [5, 5.41) is 22.1. The van der Waals surface area contributed by atoms with Crippen LogP contribution in [-0.4, -0.2) is 55.1 Å². The van der Waals surface area contributed by atoms with Crippen LogP contribution in [0.5, 0.6) is 0 Å². The molecule has 0 saturated heterocycles. The van der Waals surface area contributed by atoms with E-state index in [0.29, 0.717) is 23.4 Å². The van der Waals surface area contributed by atoms with Crippen molar-refractivity contribution in [2.75, 3.05) is 13.2 Å². The van der Waals surface area contributed by atoms with E-state index in [9.17, 15) is 15.0 Å². The van der Waals surface area contributed by atoms with Crippen molar-refractivity contribution in [2.45, 2.75) is 84.9 Å². The molecule has 0 heterocycles. The van der Waals surface area contributed by atoms with Gasteiger partial charge in [-0.15, -0.1) is 0 Å². The molecule has 0 aliphatic carbocycles. The van der Waals surface area contributed by atoms with Gasteiger partial charge < -0.3 is 19.4 Å². The number of aliphatic hydroxyl groups is 2. The van der Waals surface area contributed by atoms with E-state index in [1.165, 1.54) is 4.90 Å². The average Bonchev–Trinajstić information content (AvgIpc) is 2.62. The van der Waals surface area contributed by atoms with Gasteiger partial charge in [0.15, 0.2) is 14.8 Å². The Bertz CT molecular complexity index is 764. The maximum Gasteiger partial charge on any atom is 0.412 e. The molecular weight excluding hydrogens is 469 g/mol. The van der Waals surface area contributed by atoms with Gasteiger partial charge in [0.1, 0.15) is 11.7 Å². The Morgan fingerprint density at radius 1 is 1.12 bits per heavy atom. The fraction of sp³-hybridized carbons (Fsp3) is 0.696. The minimum absolute atomic E-state index is 0.0483. The highest BCUT2D eigenvalue weighted by Gasteiger charge is 2.50. The van der Waals surface area contributed by atoms with Crippen molar-refractivity contribution >= 4 is 38.3 Å². The van der Waals surface area contributed by atoms with E-state index in [1.807, 2.05) is 13.1 Å². The van der Waals surface area contributed by atoms with Crippen molar-refractivity contribution in [2.24, 2.45) is 5.41 Å². The molecule has 0 saturated carbocycles. The molecule has 184 valence electrons. The predicted molar refractivity (Wildman–Crippen MR) is 133 cm³/mol. The molecule has 9 heteroatoms. The molecule has 6 nitrogen and oxygen atoms in total. The van der Waals surface area contributed by atoms with Crippen molar-refractivity contribution in [3.8, 4) is 0 Å². The molecule has 0 bridgehead atoms. The van der Waals surface area contributed by atoms with Crippen LogP contribution >= 0.6 is 23.2 Å². The SMILES string of the molecule is C[SiH](C)OC(c1ccc(Cl)c(Cl)c1)([C@H](O)CCC(C)(C)C)N(CCO)C(=O)OC(C)(C)C. The Morgan fingerprint density at radius 3 is 2.16 bits per heavy atom. The zero-order valence-electron chi connectivity index (χ0n) is 20.5. The van der Waals surface area contributed by atoms with Crippen molar-refractivity contribution in [3.63, 3.8) is 0 Å². The number of halogens is 2. The fourth-order valence-electron chi connectivity index (χ4n) is 3.39. The van der Waals surface area contributed by atoms with E-state index in [1.54, 1.807) is 39.0 Å². The number of carbonyl (C=O) groups is 1. The topological polar surface area (TPSA) is 79.2 Å². The first kappa shape index (κ1) is 29.2. The minimum atomic E-state index is -1.86. The predicted octanol–water partition coefficient (Wildman–Crippen LogP) is 5.56. The third-order valence-corrected chi connectivity index (χ3v) is 6.28. The summed E-state index contributed by atoms with van der Waals surface area (Å²) < 4.78 is 12.1. The highest BCUT2D eigenvalue weighted by molar-refractivity contribution is 6.48. The molecule has 1 unspecified atom stereocenters. The van der Waals surface area contributed by atoms with E-state index >= 15 is 0 Å². The highest BCUT2D eigenvalue weighted by Crippen LogP contribution is 2.41. The molecule has 1 rings (SSSR count). The number of ether oxygens (including phenoxy) is 1. The molecule has 32 heavy (non-hydrogen) atoms. The van der Waals surface area contributed by atoms with E-state index in [0.717, 1.165) is 0 Å². The normalized spacial score (nSPS) is 15.4. The summed E-state index contributed by atoms with van der Waals surface area (Å²) in [7, 11) is -1.86. The third kappa shape index (κ3) is 8.19. The number of hydrogen-bond acceptors (Lipinski definition) is 5. The lowest BCUT2D eigenvalue weighted by Gasteiger charge is -2.48. The van der Waals surface area contributed by atoms with Gasteiger partial charge in [-0.2, -0.15) is 0 Å². The smallest absolute Gasteiger partial charge is 0.412 e. The van der Waals surface area contributed by atoms with Crippen LogP contribution in [0.25, 0.3) is 0 Å². The second-order valence-corrected chi connectivity index (χ2v) is 13.6. The van der Waals surface area contributed by atoms with Crippen molar-refractivity contribution in [1.29, 1.82) is 0 Å². The van der Waals surface area contributed by atoms with Crippen LogP contribution in [0.4, 0.5) is 4.79 Å². The molecule has 0 fully saturated rings. The first-order chi connectivity index (χ1) is 14.5. The van der Waals surface area contributed by atoms with E-state index in [-0.39, 0.29) is 23.6 Å². The lowest BCUT2D eigenvalue weighted by atomic mass is 9.85. The van der Waals surface area contributed by atoms with Gasteiger partial charge in [0, 0.05) is 5.56 Å². The summed E-state index contributed by atoms with van der Waals surface area (Å²) in [5.74, 6) is 0. The second kappa shape index (κ2) is 11.5. The lowest BCUT2D eigenvalue weighted by molar-refractivity contribution is -0.169. The minimum Gasteiger partial charge on any atom is -0.444 e. The van der Waals surface area contributed by atoms with Gasteiger partial charge >= 0.3 is 6.09 Å². The summed E-state index contributed by atoms with van der Waals surface area (Å²) in [6, 6.07) is 4.91.